The molecule has 1 rings (SSSR count). The van der Waals surface area contributed by atoms with E-state index in [4.69, 9.17) is 5.11 Å². The van der Waals surface area contributed by atoms with E-state index in [1.807, 2.05) is 12.5 Å². The molecular formula is C21H36N2O2. The Morgan fingerprint density at radius 3 is 2.56 bits per heavy atom. The molecular weight excluding hydrogens is 312 g/mol. The van der Waals surface area contributed by atoms with Crippen LogP contribution in [0.2, 0.25) is 0 Å². The molecule has 0 radical (unpaired) electrons. The molecule has 1 atom stereocenters. The van der Waals surface area contributed by atoms with Crippen LogP contribution in [0.3, 0.4) is 0 Å². The van der Waals surface area contributed by atoms with E-state index in [9.17, 15) is 4.79 Å². The fraction of sp³-hybridized carbons (Fsp3) is 0.714. The number of aliphatic carboxylic acids is 1. The van der Waals surface area contributed by atoms with Gasteiger partial charge >= 0.3 is 5.97 Å². The van der Waals surface area contributed by atoms with Crippen LogP contribution in [-0.4, -0.2) is 20.6 Å². The van der Waals surface area contributed by atoms with E-state index < -0.39 is 5.97 Å². The third-order valence-corrected chi connectivity index (χ3v) is 4.67. The predicted octanol–water partition coefficient (Wildman–Crippen LogP) is 6.16. The quantitative estimate of drug-likeness (QED) is 0.288. The summed E-state index contributed by atoms with van der Waals surface area (Å²) in [4.78, 5) is 14.6. The first kappa shape index (κ1) is 21.5. The van der Waals surface area contributed by atoms with Crippen molar-refractivity contribution in [2.75, 3.05) is 0 Å². The van der Waals surface area contributed by atoms with Crippen molar-refractivity contribution in [3.05, 3.63) is 30.9 Å². The number of aromatic nitrogens is 2. The zero-order valence-electron chi connectivity index (χ0n) is 15.9. The maximum Gasteiger partial charge on any atom is 0.303 e. The van der Waals surface area contributed by atoms with E-state index in [1.54, 1.807) is 0 Å². The minimum absolute atomic E-state index is 0.313. The predicted molar refractivity (Wildman–Crippen MR) is 104 cm³/mol. The number of imidazole rings is 1. The summed E-state index contributed by atoms with van der Waals surface area (Å²) in [6.45, 7) is 2.25. The van der Waals surface area contributed by atoms with Crippen molar-refractivity contribution in [3.8, 4) is 0 Å². The van der Waals surface area contributed by atoms with Crippen molar-refractivity contribution < 1.29 is 9.90 Å². The number of nitrogens with zero attached hydrogens (tertiary/aromatic N) is 2. The first-order chi connectivity index (χ1) is 12.2. The Kier molecular flexibility index (Phi) is 12.7. The molecule has 1 unspecified atom stereocenters. The van der Waals surface area contributed by atoms with Crippen LogP contribution in [-0.2, 0) is 4.79 Å². The third kappa shape index (κ3) is 11.6. The van der Waals surface area contributed by atoms with E-state index in [0.717, 1.165) is 32.1 Å². The van der Waals surface area contributed by atoms with Crippen molar-refractivity contribution in [1.29, 1.82) is 0 Å². The standard InChI is InChI=1S/C21H36N2O2/c1-2-3-4-11-14-20(23-18-17-22-19-23)15-12-9-7-5-6-8-10-13-16-21(24)25/h9,12,17-20H,2-8,10-11,13-16H2,1H3,(H,24,25). The molecule has 1 N–H and O–H groups in total. The van der Waals surface area contributed by atoms with Gasteiger partial charge in [0.15, 0.2) is 0 Å². The Bertz CT molecular complexity index is 454. The van der Waals surface area contributed by atoms with Crippen LogP contribution >= 0.6 is 0 Å². The zero-order chi connectivity index (χ0) is 18.2. The summed E-state index contributed by atoms with van der Waals surface area (Å²) in [5.74, 6) is -0.676. The van der Waals surface area contributed by atoms with Gasteiger partial charge < -0.3 is 9.67 Å². The van der Waals surface area contributed by atoms with Crippen molar-refractivity contribution in [3.63, 3.8) is 0 Å². The van der Waals surface area contributed by atoms with E-state index in [0.29, 0.717) is 12.5 Å². The molecule has 0 spiro atoms. The molecule has 142 valence electrons. The summed E-state index contributed by atoms with van der Waals surface area (Å²) >= 11 is 0. The highest BCUT2D eigenvalue weighted by Crippen LogP contribution is 2.20. The van der Waals surface area contributed by atoms with Gasteiger partial charge in [-0.1, -0.05) is 64.0 Å². The van der Waals surface area contributed by atoms with Gasteiger partial charge in [0.25, 0.3) is 0 Å². The fourth-order valence-corrected chi connectivity index (χ4v) is 3.12. The first-order valence-corrected chi connectivity index (χ1v) is 10.1. The lowest BCUT2D eigenvalue weighted by molar-refractivity contribution is -0.137. The Morgan fingerprint density at radius 1 is 1.08 bits per heavy atom. The van der Waals surface area contributed by atoms with Gasteiger partial charge in [-0.15, -0.1) is 0 Å². The monoisotopic (exact) mass is 348 g/mol. The van der Waals surface area contributed by atoms with Crippen LogP contribution in [0.1, 0.15) is 96.4 Å². The van der Waals surface area contributed by atoms with E-state index in [2.05, 4.69) is 34.8 Å². The minimum atomic E-state index is -0.676. The Hall–Kier alpha value is -1.58. The average Bonchev–Trinajstić information content (AvgIpc) is 3.12. The SMILES string of the molecule is CCCCCCC(CC=CCCCCCCCC(=O)O)n1ccnc1. The smallest absolute Gasteiger partial charge is 0.303 e. The number of allylic oxidation sites excluding steroid dienone is 2. The summed E-state index contributed by atoms with van der Waals surface area (Å²) < 4.78 is 2.25. The second-order valence-corrected chi connectivity index (χ2v) is 6.92. The lowest BCUT2D eigenvalue weighted by atomic mass is 10.0. The van der Waals surface area contributed by atoms with Crippen LogP contribution in [0.25, 0.3) is 0 Å². The first-order valence-electron chi connectivity index (χ1n) is 10.1. The van der Waals surface area contributed by atoms with Gasteiger partial charge in [0.05, 0.1) is 6.33 Å². The van der Waals surface area contributed by atoms with Gasteiger partial charge in [-0.2, -0.15) is 0 Å². The number of hydrogen-bond acceptors (Lipinski definition) is 2. The van der Waals surface area contributed by atoms with Crippen molar-refractivity contribution in [2.45, 2.75) is 96.4 Å². The Labute approximate surface area is 153 Å². The molecule has 0 aliphatic heterocycles. The van der Waals surface area contributed by atoms with Crippen LogP contribution in [0.15, 0.2) is 30.9 Å². The molecule has 0 bridgehead atoms. The highest BCUT2D eigenvalue weighted by atomic mass is 16.4. The number of carboxylic acids is 1. The molecule has 0 aromatic carbocycles. The third-order valence-electron chi connectivity index (χ3n) is 4.67. The van der Waals surface area contributed by atoms with Gasteiger partial charge in [-0.3, -0.25) is 4.79 Å². The molecule has 1 aromatic heterocycles. The van der Waals surface area contributed by atoms with Crippen LogP contribution in [0.4, 0.5) is 0 Å². The summed E-state index contributed by atoms with van der Waals surface area (Å²) in [5, 5.41) is 8.59. The Balaban J connectivity index is 2.13. The Morgan fingerprint density at radius 2 is 1.84 bits per heavy atom. The fourth-order valence-electron chi connectivity index (χ4n) is 3.12. The maximum absolute atomic E-state index is 10.4. The lowest BCUT2D eigenvalue weighted by Gasteiger charge is -2.16. The van der Waals surface area contributed by atoms with Gasteiger partial charge in [0.1, 0.15) is 0 Å². The highest BCUT2D eigenvalue weighted by Gasteiger charge is 2.08. The molecule has 0 aliphatic rings. The number of carbonyl (C=O) groups is 1. The van der Waals surface area contributed by atoms with Gasteiger partial charge in [0.2, 0.25) is 0 Å². The molecule has 1 heterocycles. The van der Waals surface area contributed by atoms with E-state index >= 15 is 0 Å². The molecule has 4 heteroatoms. The number of unbranched alkanes of at least 4 members (excludes halogenated alkanes) is 8. The lowest BCUT2D eigenvalue weighted by Crippen LogP contribution is -2.06. The summed E-state index contributed by atoms with van der Waals surface area (Å²) in [6, 6.07) is 0.534. The topological polar surface area (TPSA) is 55.1 Å². The normalized spacial score (nSPS) is 12.7. The molecule has 0 aliphatic carbocycles. The molecule has 1 aromatic rings. The average molecular weight is 349 g/mol. The van der Waals surface area contributed by atoms with Crippen molar-refractivity contribution in [1.82, 2.24) is 9.55 Å². The number of hydrogen-bond donors (Lipinski definition) is 1. The highest BCUT2D eigenvalue weighted by molar-refractivity contribution is 5.66. The van der Waals surface area contributed by atoms with Crippen LogP contribution in [0.5, 0.6) is 0 Å². The zero-order valence-corrected chi connectivity index (χ0v) is 15.9. The van der Waals surface area contributed by atoms with Gasteiger partial charge in [-0.25, -0.2) is 4.98 Å². The summed E-state index contributed by atoms with van der Waals surface area (Å²) in [5.41, 5.74) is 0. The number of carboxylic acid groups (broad SMARTS) is 1. The maximum atomic E-state index is 10.4. The van der Waals surface area contributed by atoms with Crippen molar-refractivity contribution >= 4 is 5.97 Å². The van der Waals surface area contributed by atoms with Gasteiger partial charge in [0, 0.05) is 24.9 Å². The molecule has 0 amide bonds. The summed E-state index contributed by atoms with van der Waals surface area (Å²) in [6.07, 6.45) is 24.9. The summed E-state index contributed by atoms with van der Waals surface area (Å²) in [7, 11) is 0. The van der Waals surface area contributed by atoms with E-state index in [-0.39, 0.29) is 0 Å². The van der Waals surface area contributed by atoms with E-state index in [1.165, 1.54) is 44.9 Å². The minimum Gasteiger partial charge on any atom is -0.481 e. The second-order valence-electron chi connectivity index (χ2n) is 6.92. The molecule has 0 saturated carbocycles. The van der Waals surface area contributed by atoms with Crippen LogP contribution < -0.4 is 0 Å². The van der Waals surface area contributed by atoms with Crippen LogP contribution in [0, 0.1) is 0 Å². The van der Waals surface area contributed by atoms with Crippen molar-refractivity contribution in [2.24, 2.45) is 0 Å². The molecule has 4 nitrogen and oxygen atoms in total. The molecule has 0 saturated heterocycles. The van der Waals surface area contributed by atoms with Gasteiger partial charge in [-0.05, 0) is 32.1 Å². The molecule has 0 fully saturated rings. The number of rotatable bonds is 16. The largest absolute Gasteiger partial charge is 0.481 e. The molecule has 25 heavy (non-hydrogen) atoms. The second kappa shape index (κ2) is 14.7.